The summed E-state index contributed by atoms with van der Waals surface area (Å²) in [6, 6.07) is 8.98. The van der Waals surface area contributed by atoms with E-state index >= 15 is 0 Å². The number of piperidine rings is 1. The van der Waals surface area contributed by atoms with Crippen LogP contribution in [0.4, 0.5) is 21.8 Å². The number of anilines is 3. The number of rotatable bonds is 3. The van der Waals surface area contributed by atoms with Crippen LogP contribution < -0.4 is 14.7 Å². The topological polar surface area (TPSA) is 35.5 Å². The van der Waals surface area contributed by atoms with Crippen LogP contribution in [0.15, 0.2) is 36.5 Å². The first-order valence-electron chi connectivity index (χ1n) is 9.53. The Bertz CT molecular complexity index is 736. The minimum Gasteiger partial charge on any atom is -0.366 e. The van der Waals surface area contributed by atoms with Crippen LogP contribution in [0.3, 0.4) is 0 Å². The summed E-state index contributed by atoms with van der Waals surface area (Å²) in [7, 11) is 0. The van der Waals surface area contributed by atoms with Crippen molar-refractivity contribution < 1.29 is 4.39 Å². The molecule has 0 atom stereocenters. The monoisotopic (exact) mass is 355 g/mol. The fraction of sp³-hybridized carbons (Fsp3) is 0.500. The maximum atomic E-state index is 14.0. The SMILES string of the molecule is CC1CCN(c2nccc(N3CCN(c4ccccc4F)CC3)n2)CC1. The van der Waals surface area contributed by atoms with Crippen LogP contribution in [-0.4, -0.2) is 49.2 Å². The van der Waals surface area contributed by atoms with Crippen LogP contribution in [0, 0.1) is 11.7 Å². The fourth-order valence-electron chi connectivity index (χ4n) is 3.76. The standard InChI is InChI=1S/C20H26FN5/c1-16-7-10-26(11-8-16)20-22-9-6-19(23-20)25-14-12-24(13-15-25)18-5-3-2-4-17(18)21/h2-6,9,16H,7-8,10-15H2,1H3. The molecular formula is C20H26FN5. The Morgan fingerprint density at radius 1 is 0.885 bits per heavy atom. The maximum Gasteiger partial charge on any atom is 0.227 e. The maximum absolute atomic E-state index is 14.0. The van der Waals surface area contributed by atoms with E-state index < -0.39 is 0 Å². The molecule has 26 heavy (non-hydrogen) atoms. The second kappa shape index (κ2) is 7.48. The number of benzene rings is 1. The zero-order valence-corrected chi connectivity index (χ0v) is 15.3. The average molecular weight is 355 g/mol. The summed E-state index contributed by atoms with van der Waals surface area (Å²) in [4.78, 5) is 16.0. The van der Waals surface area contributed by atoms with E-state index in [0.29, 0.717) is 5.69 Å². The van der Waals surface area contributed by atoms with Crippen LogP contribution in [0.5, 0.6) is 0 Å². The van der Waals surface area contributed by atoms with Crippen molar-refractivity contribution in [3.8, 4) is 0 Å². The highest BCUT2D eigenvalue weighted by Crippen LogP contribution is 2.24. The largest absolute Gasteiger partial charge is 0.366 e. The van der Waals surface area contributed by atoms with E-state index in [4.69, 9.17) is 4.98 Å². The third-order valence-electron chi connectivity index (χ3n) is 5.49. The van der Waals surface area contributed by atoms with E-state index in [1.807, 2.05) is 24.4 Å². The fourth-order valence-corrected chi connectivity index (χ4v) is 3.76. The van der Waals surface area contributed by atoms with Gasteiger partial charge < -0.3 is 14.7 Å². The molecular weight excluding hydrogens is 329 g/mol. The summed E-state index contributed by atoms with van der Waals surface area (Å²) < 4.78 is 14.0. The minimum atomic E-state index is -0.149. The number of nitrogens with zero attached hydrogens (tertiary/aromatic N) is 5. The van der Waals surface area contributed by atoms with Crippen LogP contribution in [0.2, 0.25) is 0 Å². The third-order valence-corrected chi connectivity index (χ3v) is 5.49. The molecule has 3 heterocycles. The Hall–Kier alpha value is -2.37. The van der Waals surface area contributed by atoms with Crippen molar-refractivity contribution >= 4 is 17.5 Å². The van der Waals surface area contributed by atoms with Crippen LogP contribution >= 0.6 is 0 Å². The van der Waals surface area contributed by atoms with E-state index in [9.17, 15) is 4.39 Å². The van der Waals surface area contributed by atoms with Crippen LogP contribution in [-0.2, 0) is 0 Å². The van der Waals surface area contributed by atoms with Crippen molar-refractivity contribution in [3.05, 3.63) is 42.3 Å². The summed E-state index contributed by atoms with van der Waals surface area (Å²) >= 11 is 0. The molecule has 2 aliphatic rings. The smallest absolute Gasteiger partial charge is 0.227 e. The van der Waals surface area contributed by atoms with Gasteiger partial charge in [-0.1, -0.05) is 19.1 Å². The Kier molecular flexibility index (Phi) is 4.91. The first-order chi connectivity index (χ1) is 12.7. The molecule has 0 N–H and O–H groups in total. The van der Waals surface area contributed by atoms with Gasteiger partial charge in [-0.2, -0.15) is 4.98 Å². The lowest BCUT2D eigenvalue weighted by Gasteiger charge is -2.37. The molecule has 0 saturated carbocycles. The molecule has 2 fully saturated rings. The van der Waals surface area contributed by atoms with Gasteiger partial charge in [0.15, 0.2) is 0 Å². The third kappa shape index (κ3) is 3.59. The Labute approximate surface area is 154 Å². The number of hydrogen-bond acceptors (Lipinski definition) is 5. The van der Waals surface area contributed by atoms with Crippen LogP contribution in [0.1, 0.15) is 19.8 Å². The van der Waals surface area contributed by atoms with Crippen molar-refractivity contribution in [2.24, 2.45) is 5.92 Å². The van der Waals surface area contributed by atoms with E-state index in [0.717, 1.165) is 57.0 Å². The number of aromatic nitrogens is 2. The molecule has 1 aromatic carbocycles. The Morgan fingerprint density at radius 3 is 2.31 bits per heavy atom. The lowest BCUT2D eigenvalue weighted by molar-refractivity contribution is 0.434. The lowest BCUT2D eigenvalue weighted by atomic mass is 10.00. The second-order valence-electron chi connectivity index (χ2n) is 7.31. The molecule has 4 rings (SSSR count). The van der Waals surface area contributed by atoms with Gasteiger partial charge in [0.05, 0.1) is 5.69 Å². The molecule has 0 aliphatic carbocycles. The van der Waals surface area contributed by atoms with Crippen molar-refractivity contribution in [2.45, 2.75) is 19.8 Å². The van der Waals surface area contributed by atoms with Gasteiger partial charge in [0.25, 0.3) is 0 Å². The molecule has 2 saturated heterocycles. The Morgan fingerprint density at radius 2 is 1.58 bits per heavy atom. The molecule has 0 amide bonds. The number of hydrogen-bond donors (Lipinski definition) is 0. The van der Waals surface area contributed by atoms with Gasteiger partial charge in [-0.15, -0.1) is 0 Å². The first-order valence-corrected chi connectivity index (χ1v) is 9.53. The lowest BCUT2D eigenvalue weighted by Crippen LogP contribution is -2.47. The summed E-state index contributed by atoms with van der Waals surface area (Å²) in [5, 5.41) is 0. The second-order valence-corrected chi connectivity index (χ2v) is 7.31. The van der Waals surface area contributed by atoms with Gasteiger partial charge in [-0.25, -0.2) is 9.37 Å². The van der Waals surface area contributed by atoms with Crippen molar-refractivity contribution in [3.63, 3.8) is 0 Å². The van der Waals surface area contributed by atoms with Gasteiger partial charge in [0, 0.05) is 45.5 Å². The quantitative estimate of drug-likeness (QED) is 0.845. The first kappa shape index (κ1) is 17.1. The van der Waals surface area contributed by atoms with E-state index in [-0.39, 0.29) is 5.82 Å². The van der Waals surface area contributed by atoms with Gasteiger partial charge >= 0.3 is 0 Å². The highest BCUT2D eigenvalue weighted by atomic mass is 19.1. The molecule has 0 bridgehead atoms. The summed E-state index contributed by atoms with van der Waals surface area (Å²) in [5.74, 6) is 2.46. The van der Waals surface area contributed by atoms with E-state index in [2.05, 4.69) is 26.6 Å². The van der Waals surface area contributed by atoms with Crippen LogP contribution in [0.25, 0.3) is 0 Å². The Balaban J connectivity index is 1.42. The van der Waals surface area contributed by atoms with Crippen molar-refractivity contribution in [1.29, 1.82) is 0 Å². The zero-order valence-electron chi connectivity index (χ0n) is 15.3. The normalized spacial score (nSPS) is 19.1. The van der Waals surface area contributed by atoms with Gasteiger partial charge in [-0.05, 0) is 37.0 Å². The zero-order chi connectivity index (χ0) is 17.9. The number of halogens is 1. The molecule has 138 valence electrons. The van der Waals surface area contributed by atoms with Crippen molar-refractivity contribution in [1.82, 2.24) is 9.97 Å². The molecule has 0 unspecified atom stereocenters. The van der Waals surface area contributed by atoms with Crippen molar-refractivity contribution in [2.75, 3.05) is 54.0 Å². The summed E-state index contributed by atoms with van der Waals surface area (Å²) in [5.41, 5.74) is 0.693. The predicted molar refractivity (Wildman–Crippen MR) is 103 cm³/mol. The van der Waals surface area contributed by atoms with Gasteiger partial charge in [-0.3, -0.25) is 0 Å². The molecule has 0 spiro atoms. The number of piperazine rings is 1. The average Bonchev–Trinajstić information content (AvgIpc) is 2.69. The number of para-hydroxylation sites is 1. The molecule has 2 aliphatic heterocycles. The van der Waals surface area contributed by atoms with E-state index in [1.54, 1.807) is 6.07 Å². The predicted octanol–water partition coefficient (Wildman–Crippen LogP) is 3.18. The molecule has 0 radical (unpaired) electrons. The summed E-state index contributed by atoms with van der Waals surface area (Å²) in [6.45, 7) is 7.63. The molecule has 1 aromatic heterocycles. The highest BCUT2D eigenvalue weighted by Gasteiger charge is 2.22. The van der Waals surface area contributed by atoms with Gasteiger partial charge in [0.2, 0.25) is 5.95 Å². The summed E-state index contributed by atoms with van der Waals surface area (Å²) in [6.07, 6.45) is 4.27. The van der Waals surface area contributed by atoms with E-state index in [1.165, 1.54) is 18.9 Å². The molecule has 6 heteroatoms. The molecule has 2 aromatic rings. The highest BCUT2D eigenvalue weighted by molar-refractivity contribution is 5.51. The molecule has 5 nitrogen and oxygen atoms in total. The minimum absolute atomic E-state index is 0.149. The van der Waals surface area contributed by atoms with Gasteiger partial charge in [0.1, 0.15) is 11.6 Å².